The van der Waals surface area contributed by atoms with E-state index in [1.807, 2.05) is 41.3 Å². The monoisotopic (exact) mass is 1500 g/mol. The smallest absolute Gasteiger partial charge is 0.317 e. The Morgan fingerprint density at radius 1 is 0.528 bits per heavy atom. The number of aryl methyl sites for hydroxylation is 1. The fraction of sp³-hybridized carbons (Fsp3) is 0.506. The third-order valence-electron chi connectivity index (χ3n) is 20.8. The van der Waals surface area contributed by atoms with Gasteiger partial charge in [0.05, 0.1) is 43.1 Å². The van der Waals surface area contributed by atoms with Crippen LogP contribution in [0.25, 0.3) is 21.5 Å². The summed E-state index contributed by atoms with van der Waals surface area (Å²) in [6.45, 7) is 13.2. The second-order valence-electron chi connectivity index (χ2n) is 29.6. The van der Waals surface area contributed by atoms with E-state index in [4.69, 9.17) is 4.74 Å². The first-order valence-corrected chi connectivity index (χ1v) is 40.9. The van der Waals surface area contributed by atoms with Crippen molar-refractivity contribution in [3.05, 3.63) is 161 Å². The van der Waals surface area contributed by atoms with E-state index in [1.54, 1.807) is 14.7 Å². The van der Waals surface area contributed by atoms with Gasteiger partial charge >= 0.3 is 17.9 Å². The molecule has 0 radical (unpaired) electrons. The molecule has 0 unspecified atom stereocenters. The lowest BCUT2D eigenvalue weighted by molar-refractivity contribution is -0.438. The average molecular weight is 1500 g/mol. The highest BCUT2D eigenvalue weighted by Crippen LogP contribution is 2.51. The van der Waals surface area contributed by atoms with Gasteiger partial charge in [-0.2, -0.15) is 21.4 Å². The first-order valence-electron chi connectivity index (χ1n) is 37.7. The first kappa shape index (κ1) is 81.9. The van der Waals surface area contributed by atoms with Crippen LogP contribution >= 0.6 is 0 Å². The summed E-state index contributed by atoms with van der Waals surface area (Å²) in [6, 6.07) is 33.2. The lowest BCUT2D eigenvalue weighted by atomic mass is 9.78. The minimum absolute atomic E-state index is 0.00873. The van der Waals surface area contributed by atoms with Crippen LogP contribution in [-0.2, 0) is 61.5 Å². The topological polar surface area (TPSA) is 307 Å². The lowest BCUT2D eigenvalue weighted by Gasteiger charge is -2.32. The maximum atomic E-state index is 13.2. The Morgan fingerprint density at radius 2 is 1.03 bits per heavy atom. The fourth-order valence-corrected chi connectivity index (χ4v) is 16.5. The number of nitrogens with zero attached hydrogens (tertiary/aromatic N) is 6. The number of ether oxygens (including phenoxy) is 1. The molecule has 9 rings (SSSR count). The van der Waals surface area contributed by atoms with Crippen LogP contribution in [0.5, 0.6) is 5.75 Å². The van der Waals surface area contributed by atoms with Gasteiger partial charge in [-0.3, -0.25) is 52.7 Å². The van der Waals surface area contributed by atoms with Crippen molar-refractivity contribution in [1.29, 1.82) is 0 Å². The van der Waals surface area contributed by atoms with E-state index in [0.29, 0.717) is 123 Å². The van der Waals surface area contributed by atoms with Crippen LogP contribution in [0.2, 0.25) is 0 Å². The zero-order valence-corrected chi connectivity index (χ0v) is 63.7. The largest absolute Gasteiger partial charge is 0.480 e. The Morgan fingerprint density at radius 3 is 1.58 bits per heavy atom. The number of benzene rings is 5. The second kappa shape index (κ2) is 38.6. The molecule has 574 valence electrons. The molecule has 5 aromatic carbocycles. The number of rotatable bonds is 37. The maximum absolute atomic E-state index is 13.2. The highest BCUT2D eigenvalue weighted by atomic mass is 32.2. The number of carboxylic acids is 3. The number of amides is 2. The third-order valence-corrected chi connectivity index (χ3v) is 22.5. The van der Waals surface area contributed by atoms with E-state index in [0.717, 1.165) is 137 Å². The summed E-state index contributed by atoms with van der Waals surface area (Å²) in [4.78, 5) is 70.5. The van der Waals surface area contributed by atoms with Gasteiger partial charge in [-0.1, -0.05) is 125 Å². The molecule has 0 aromatic heterocycles. The summed E-state index contributed by atoms with van der Waals surface area (Å²) < 4.78 is 76.1. The van der Waals surface area contributed by atoms with Crippen LogP contribution < -0.4 is 20.3 Å². The van der Waals surface area contributed by atoms with Crippen molar-refractivity contribution < 1.29 is 74.5 Å². The molecular formula is C81H109N8O15S2+. The van der Waals surface area contributed by atoms with E-state index in [9.17, 15) is 65.2 Å². The number of fused-ring (bicyclic) bond motifs is 6. The number of hydrogen-bond acceptors (Lipinski definition) is 15. The minimum Gasteiger partial charge on any atom is -0.480 e. The Labute approximate surface area is 625 Å². The predicted molar refractivity (Wildman–Crippen MR) is 416 cm³/mol. The quantitative estimate of drug-likeness (QED) is 0.0110. The van der Waals surface area contributed by atoms with Gasteiger partial charge in [-0.05, 0) is 152 Å². The van der Waals surface area contributed by atoms with Gasteiger partial charge in [0.25, 0.3) is 20.2 Å². The second-order valence-corrected chi connectivity index (χ2v) is 32.8. The normalized spacial score (nSPS) is 18.0. The van der Waals surface area contributed by atoms with Gasteiger partial charge in [0.2, 0.25) is 17.5 Å². The molecule has 0 saturated carbocycles. The molecule has 2 amide bonds. The number of unbranched alkanes of at least 4 members (excludes halogenated alkanes) is 9. The molecule has 1 saturated heterocycles. The number of allylic oxidation sites excluding steroid dienone is 7. The maximum Gasteiger partial charge on any atom is 0.317 e. The summed E-state index contributed by atoms with van der Waals surface area (Å²) in [5, 5.41) is 39.2. The minimum atomic E-state index is -4.13. The molecule has 3 aliphatic heterocycles. The highest BCUT2D eigenvalue weighted by Gasteiger charge is 2.46. The Balaban J connectivity index is 0.799. The van der Waals surface area contributed by atoms with E-state index in [1.165, 1.54) is 11.1 Å². The number of carboxylic acid groups (broad SMARTS) is 3. The van der Waals surface area contributed by atoms with Crippen molar-refractivity contribution in [2.45, 2.75) is 148 Å². The third kappa shape index (κ3) is 23.9. The van der Waals surface area contributed by atoms with Gasteiger partial charge < -0.3 is 35.6 Å². The zero-order valence-electron chi connectivity index (χ0n) is 62.1. The number of aliphatic carboxylic acids is 3. The number of carbonyl (C=O) groups is 5. The van der Waals surface area contributed by atoms with Crippen LogP contribution in [-0.4, -0.2) is 217 Å². The van der Waals surface area contributed by atoms with Crippen molar-refractivity contribution in [2.24, 2.45) is 0 Å². The van der Waals surface area contributed by atoms with E-state index in [2.05, 4.69) is 133 Å². The molecular weight excluding hydrogens is 1390 g/mol. The van der Waals surface area contributed by atoms with E-state index >= 15 is 0 Å². The number of carbonyl (C=O) groups excluding carboxylic acids is 2. The van der Waals surface area contributed by atoms with Gasteiger partial charge in [0, 0.05) is 119 Å². The number of hydrogen-bond donors (Lipinski definition) is 7. The van der Waals surface area contributed by atoms with Crippen molar-refractivity contribution in [2.75, 3.05) is 121 Å². The SMILES string of the molecule is CC1(C)C(/C=C/C2=C(Oc3ccc(CCC(=O)NCCCCCCCCCCNC(=O)CN4CCN(CC(=O)O)CCN(CC(=O)O)CCN(CC(=O)O)CC4)cc3)C(=C/C=C3/N(CCCCS(=O)(=O)O)c4ccc5ccccc5c4C3(C)C)/CCC2)=[N+](CCCCS(=O)(=O)O)c2ccc3ccccc3c21. The predicted octanol–water partition coefficient (Wildman–Crippen LogP) is 11.1. The molecule has 106 heavy (non-hydrogen) atoms. The molecule has 23 nitrogen and oxygen atoms in total. The summed E-state index contributed by atoms with van der Waals surface area (Å²) in [6.07, 6.45) is 21.5. The van der Waals surface area contributed by atoms with Gasteiger partial charge in [0.1, 0.15) is 18.1 Å². The van der Waals surface area contributed by atoms with Crippen molar-refractivity contribution >= 4 is 88.6 Å². The van der Waals surface area contributed by atoms with Crippen molar-refractivity contribution in [3.63, 3.8) is 0 Å². The molecule has 7 N–H and O–H groups in total. The molecule has 0 atom stereocenters. The Kier molecular flexibility index (Phi) is 29.8. The molecule has 1 fully saturated rings. The summed E-state index contributed by atoms with van der Waals surface area (Å²) >= 11 is 0. The molecule has 4 aliphatic rings. The molecule has 0 spiro atoms. The highest BCUT2D eigenvalue weighted by molar-refractivity contribution is 7.86. The number of nitrogens with one attached hydrogen (secondary N) is 2. The fourth-order valence-electron chi connectivity index (χ4n) is 15.4. The zero-order chi connectivity index (χ0) is 76.0. The van der Waals surface area contributed by atoms with Crippen LogP contribution in [0.4, 0.5) is 11.4 Å². The Bertz CT molecular complexity index is 4290. The molecule has 25 heteroatoms. The summed E-state index contributed by atoms with van der Waals surface area (Å²) in [5.74, 6) is -2.46. The summed E-state index contributed by atoms with van der Waals surface area (Å²) in [7, 11) is -8.26. The van der Waals surface area contributed by atoms with Crippen LogP contribution in [0.15, 0.2) is 144 Å². The molecule has 3 heterocycles. The van der Waals surface area contributed by atoms with Gasteiger partial charge in [-0.25, -0.2) is 0 Å². The van der Waals surface area contributed by atoms with Gasteiger partial charge in [-0.15, -0.1) is 0 Å². The molecule has 0 bridgehead atoms. The van der Waals surface area contributed by atoms with Gasteiger partial charge in [0.15, 0.2) is 5.71 Å². The molecule has 1 aliphatic carbocycles. The summed E-state index contributed by atoms with van der Waals surface area (Å²) in [5.41, 5.74) is 8.68. The lowest BCUT2D eigenvalue weighted by Crippen LogP contribution is -2.49. The van der Waals surface area contributed by atoms with Crippen LogP contribution in [0.3, 0.4) is 0 Å². The van der Waals surface area contributed by atoms with Crippen molar-refractivity contribution in [3.8, 4) is 5.75 Å². The Hall–Kier alpha value is -8.14. The standard InChI is InChI=1S/C81H108N8O15S2/c1-80(2)70(88(44-17-19-54-105(98,99)100)68-37-31-61-22-11-13-26-66(61)77(68)80)39-33-63-24-21-25-64(34-40-71-81(3,4)78-67-27-14-12-23-62(67)32-38-69(78)89(71)45-18-20-55-106(101,102)103)79(63)104-65-35-28-60(29-36-65)30-41-72(90)82-42-15-9-7-5-6-8-10-16-43-83-73(91)56-84-46-48-85(57-74(92)93)50-52-87(59-76(96)97)53-51-86(49-47-84)58-75(94)95/h11-14,22-23,26-29,31-40H,5-10,15-21,24-25,30,41-59H2,1-4H3,(H6-,82,83,90,91,92,93,94,95,96,97,98,99,100,101,102,103)/p+1. The van der Waals surface area contributed by atoms with Crippen molar-refractivity contribution in [1.82, 2.24) is 30.2 Å². The first-order chi connectivity index (χ1) is 50.6. The molecule has 5 aromatic rings. The van der Waals surface area contributed by atoms with Crippen LogP contribution in [0, 0.1) is 0 Å². The number of anilines is 1. The van der Waals surface area contributed by atoms with Crippen LogP contribution in [0.1, 0.15) is 147 Å². The van der Waals surface area contributed by atoms with E-state index < -0.39 is 49.0 Å². The average Bonchev–Trinajstić information content (AvgIpc) is 1.58. The van der Waals surface area contributed by atoms with E-state index in [-0.39, 0.29) is 49.5 Å².